The molecule has 4 rings (SSSR count). The number of rotatable bonds is 7. The van der Waals surface area contributed by atoms with E-state index in [-0.39, 0.29) is 18.2 Å². The first-order valence-corrected chi connectivity index (χ1v) is 11.9. The first kappa shape index (κ1) is 20.7. The van der Waals surface area contributed by atoms with E-state index in [1.807, 2.05) is 29.3 Å². The van der Waals surface area contributed by atoms with Crippen LogP contribution in [0.2, 0.25) is 0 Å². The number of hydrogen-bond acceptors (Lipinski definition) is 6. The Bertz CT molecular complexity index is 1020. The molecule has 2 amide bonds. The Labute approximate surface area is 184 Å². The summed E-state index contributed by atoms with van der Waals surface area (Å²) in [7, 11) is 0. The van der Waals surface area contributed by atoms with Crippen LogP contribution >= 0.6 is 22.7 Å². The molecule has 6 nitrogen and oxygen atoms in total. The second kappa shape index (κ2) is 9.49. The van der Waals surface area contributed by atoms with E-state index in [4.69, 9.17) is 0 Å². The van der Waals surface area contributed by atoms with Gasteiger partial charge in [0, 0.05) is 41.3 Å². The summed E-state index contributed by atoms with van der Waals surface area (Å²) in [6, 6.07) is 5.42. The molecule has 0 radical (unpaired) electrons. The molecule has 8 heteroatoms. The molecule has 0 spiro atoms. The average Bonchev–Trinajstić information content (AvgIpc) is 3.42. The van der Waals surface area contributed by atoms with E-state index in [1.165, 1.54) is 21.8 Å². The zero-order chi connectivity index (χ0) is 20.9. The number of fused-ring (bicyclic) bond motifs is 1. The van der Waals surface area contributed by atoms with Crippen LogP contribution in [-0.4, -0.2) is 39.3 Å². The Kier molecular flexibility index (Phi) is 6.54. The predicted molar refractivity (Wildman–Crippen MR) is 119 cm³/mol. The van der Waals surface area contributed by atoms with E-state index in [0.717, 1.165) is 23.4 Å². The molecule has 1 aliphatic rings. The molecule has 0 fully saturated rings. The van der Waals surface area contributed by atoms with Gasteiger partial charge >= 0.3 is 0 Å². The van der Waals surface area contributed by atoms with Crippen molar-refractivity contribution in [3.8, 4) is 10.6 Å². The first-order valence-electron chi connectivity index (χ1n) is 10.1. The van der Waals surface area contributed by atoms with Crippen LogP contribution in [0.1, 0.15) is 35.9 Å². The lowest BCUT2D eigenvalue weighted by molar-refractivity contribution is -0.137. The molecule has 1 atom stereocenters. The third kappa shape index (κ3) is 4.76. The molecular formula is C22H24N4O2S2. The van der Waals surface area contributed by atoms with E-state index < -0.39 is 6.04 Å². The molecule has 0 saturated carbocycles. The summed E-state index contributed by atoms with van der Waals surface area (Å²) >= 11 is 3.24. The van der Waals surface area contributed by atoms with Crippen molar-refractivity contribution in [2.45, 2.75) is 45.2 Å². The van der Waals surface area contributed by atoms with Gasteiger partial charge in [0.05, 0.1) is 12.1 Å². The van der Waals surface area contributed by atoms with E-state index in [1.54, 1.807) is 23.7 Å². The highest BCUT2D eigenvalue weighted by Crippen LogP contribution is 2.25. The number of thiophene rings is 1. The fourth-order valence-electron chi connectivity index (χ4n) is 3.62. The number of carbonyl (C=O) groups excluding carboxylic acids is 2. The highest BCUT2D eigenvalue weighted by atomic mass is 32.1. The van der Waals surface area contributed by atoms with Crippen LogP contribution in [0.5, 0.6) is 0 Å². The molecule has 3 aromatic rings. The summed E-state index contributed by atoms with van der Waals surface area (Å²) in [5.74, 6) is -0.158. The fraction of sp³-hybridized carbons (Fsp3) is 0.364. The van der Waals surface area contributed by atoms with Gasteiger partial charge in [0.25, 0.3) is 0 Å². The minimum atomic E-state index is -0.487. The highest BCUT2D eigenvalue weighted by Gasteiger charge is 2.28. The Morgan fingerprint density at radius 1 is 1.30 bits per heavy atom. The maximum absolute atomic E-state index is 13.1. The van der Waals surface area contributed by atoms with Gasteiger partial charge < -0.3 is 10.2 Å². The third-order valence-electron chi connectivity index (χ3n) is 5.13. The van der Waals surface area contributed by atoms with Crippen molar-refractivity contribution in [2.24, 2.45) is 0 Å². The predicted octanol–water partition coefficient (Wildman–Crippen LogP) is 3.68. The van der Waals surface area contributed by atoms with Gasteiger partial charge in [-0.25, -0.2) is 4.98 Å². The van der Waals surface area contributed by atoms with Crippen molar-refractivity contribution < 1.29 is 9.59 Å². The van der Waals surface area contributed by atoms with Crippen LogP contribution in [0.25, 0.3) is 10.6 Å². The summed E-state index contributed by atoms with van der Waals surface area (Å²) in [6.07, 6.45) is 6.00. The van der Waals surface area contributed by atoms with Crippen molar-refractivity contribution in [1.82, 2.24) is 20.2 Å². The first-order chi connectivity index (χ1) is 14.6. The summed E-state index contributed by atoms with van der Waals surface area (Å²) in [5, 5.41) is 7.77. The van der Waals surface area contributed by atoms with E-state index in [2.05, 4.69) is 26.7 Å². The monoisotopic (exact) mass is 440 g/mol. The van der Waals surface area contributed by atoms with Gasteiger partial charge in [-0.1, -0.05) is 13.3 Å². The molecule has 0 bridgehead atoms. The van der Waals surface area contributed by atoms with Gasteiger partial charge in [-0.05, 0) is 42.0 Å². The smallest absolute Gasteiger partial charge is 0.245 e. The van der Waals surface area contributed by atoms with Crippen LogP contribution in [-0.2, 0) is 29.0 Å². The number of pyridine rings is 1. The Hall–Kier alpha value is -2.58. The van der Waals surface area contributed by atoms with Crippen LogP contribution in [0, 0.1) is 0 Å². The lowest BCUT2D eigenvalue weighted by atomic mass is 10.1. The van der Waals surface area contributed by atoms with E-state index >= 15 is 0 Å². The molecule has 30 heavy (non-hydrogen) atoms. The summed E-state index contributed by atoms with van der Waals surface area (Å²) < 4.78 is 0. The Balaban J connectivity index is 1.38. The zero-order valence-electron chi connectivity index (χ0n) is 16.8. The van der Waals surface area contributed by atoms with Crippen LogP contribution in [0.15, 0.2) is 41.4 Å². The minimum Gasteiger partial charge on any atom is -0.344 e. The Morgan fingerprint density at radius 3 is 3.00 bits per heavy atom. The van der Waals surface area contributed by atoms with Gasteiger partial charge in [-0.2, -0.15) is 0 Å². The molecule has 1 unspecified atom stereocenters. The SMILES string of the molecule is CCCC(NC(=O)Cc1csc(-c2cccnc2)n1)C(=O)N1CCc2sccc2C1. The quantitative estimate of drug-likeness (QED) is 0.608. The molecule has 3 aromatic heterocycles. The molecule has 4 heterocycles. The van der Waals surface area contributed by atoms with Crippen molar-refractivity contribution >= 4 is 34.5 Å². The number of thiazole rings is 1. The number of amides is 2. The molecule has 1 aliphatic heterocycles. The third-order valence-corrected chi connectivity index (χ3v) is 7.10. The molecule has 0 saturated heterocycles. The number of carbonyl (C=O) groups is 2. The summed E-state index contributed by atoms with van der Waals surface area (Å²) in [4.78, 5) is 37.7. The zero-order valence-corrected chi connectivity index (χ0v) is 18.5. The molecule has 156 valence electrons. The maximum atomic E-state index is 13.1. The van der Waals surface area contributed by atoms with E-state index in [9.17, 15) is 9.59 Å². The molecular weight excluding hydrogens is 416 g/mol. The lowest BCUT2D eigenvalue weighted by Gasteiger charge is -2.30. The number of aromatic nitrogens is 2. The number of nitrogens with one attached hydrogen (secondary N) is 1. The topological polar surface area (TPSA) is 75.2 Å². The van der Waals surface area contributed by atoms with Crippen molar-refractivity contribution in [3.05, 3.63) is 57.5 Å². The summed E-state index contributed by atoms with van der Waals surface area (Å²) in [5.41, 5.74) is 2.87. The molecule has 1 N–H and O–H groups in total. The normalized spacial score (nSPS) is 14.2. The maximum Gasteiger partial charge on any atom is 0.245 e. The number of hydrogen-bond donors (Lipinski definition) is 1. The second-order valence-electron chi connectivity index (χ2n) is 7.35. The standard InChI is InChI=1S/C22H24N4O2S2/c1-2-4-18(22(28)26-9-6-19-16(13-26)7-10-29-19)25-20(27)11-17-14-30-21(24-17)15-5-3-8-23-12-15/h3,5,7-8,10,12,14,18H,2,4,6,9,11,13H2,1H3,(H,25,27). The lowest BCUT2D eigenvalue weighted by Crippen LogP contribution is -2.50. The Morgan fingerprint density at radius 2 is 2.20 bits per heavy atom. The van der Waals surface area contributed by atoms with E-state index in [0.29, 0.717) is 25.2 Å². The molecule has 0 aliphatic carbocycles. The average molecular weight is 441 g/mol. The number of nitrogens with zero attached hydrogens (tertiary/aromatic N) is 3. The molecule has 0 aromatic carbocycles. The van der Waals surface area contributed by atoms with Gasteiger partial charge in [0.1, 0.15) is 11.0 Å². The fourth-order valence-corrected chi connectivity index (χ4v) is 5.32. The van der Waals surface area contributed by atoms with Gasteiger partial charge in [0.2, 0.25) is 11.8 Å². The van der Waals surface area contributed by atoms with Gasteiger partial charge in [-0.15, -0.1) is 22.7 Å². The largest absolute Gasteiger partial charge is 0.344 e. The van der Waals surface area contributed by atoms with Gasteiger partial charge in [0.15, 0.2) is 0 Å². The van der Waals surface area contributed by atoms with Crippen molar-refractivity contribution in [2.75, 3.05) is 6.54 Å². The minimum absolute atomic E-state index is 0.0105. The second-order valence-corrected chi connectivity index (χ2v) is 9.21. The summed E-state index contributed by atoms with van der Waals surface area (Å²) in [6.45, 7) is 3.37. The van der Waals surface area contributed by atoms with Crippen LogP contribution in [0.4, 0.5) is 0 Å². The van der Waals surface area contributed by atoms with Crippen molar-refractivity contribution in [3.63, 3.8) is 0 Å². The van der Waals surface area contributed by atoms with Crippen LogP contribution in [0.3, 0.4) is 0 Å². The van der Waals surface area contributed by atoms with Crippen LogP contribution < -0.4 is 5.32 Å². The van der Waals surface area contributed by atoms with Crippen molar-refractivity contribution in [1.29, 1.82) is 0 Å². The van der Waals surface area contributed by atoms with Gasteiger partial charge in [-0.3, -0.25) is 14.6 Å². The highest BCUT2D eigenvalue weighted by molar-refractivity contribution is 7.13.